The van der Waals surface area contributed by atoms with Gasteiger partial charge in [0.15, 0.2) is 0 Å². The Bertz CT molecular complexity index is 462. The molecule has 0 saturated carbocycles. The maximum absolute atomic E-state index is 6.13. The molecule has 0 radical (unpaired) electrons. The molecule has 1 aromatic carbocycles. The van der Waals surface area contributed by atoms with Gasteiger partial charge in [0.05, 0.1) is 24.9 Å². The number of piperidine rings is 1. The number of benzene rings is 1. The Morgan fingerprint density at radius 3 is 2.67 bits per heavy atom. The summed E-state index contributed by atoms with van der Waals surface area (Å²) in [5, 5.41) is 7.64. The molecule has 2 N–H and O–H groups in total. The lowest BCUT2D eigenvalue weighted by molar-refractivity contribution is 0.370. The van der Waals surface area contributed by atoms with Crippen LogP contribution in [-0.4, -0.2) is 32.8 Å². The van der Waals surface area contributed by atoms with E-state index >= 15 is 0 Å². The van der Waals surface area contributed by atoms with Crippen molar-refractivity contribution in [3.63, 3.8) is 0 Å². The second-order valence-corrected chi connectivity index (χ2v) is 6.02. The predicted molar refractivity (Wildman–Crippen MR) is 87.9 cm³/mol. The van der Waals surface area contributed by atoms with E-state index in [9.17, 15) is 0 Å². The molecule has 1 fully saturated rings. The number of hydrogen-bond donors (Lipinski definition) is 2. The van der Waals surface area contributed by atoms with Gasteiger partial charge in [-0.05, 0) is 32.7 Å². The van der Waals surface area contributed by atoms with Crippen LogP contribution in [0.4, 0.5) is 5.69 Å². The van der Waals surface area contributed by atoms with Crippen LogP contribution in [-0.2, 0) is 0 Å². The summed E-state index contributed by atoms with van der Waals surface area (Å²) < 4.78 is 10.7. The van der Waals surface area contributed by atoms with E-state index in [-0.39, 0.29) is 0 Å². The third-order valence-electron chi connectivity index (χ3n) is 3.93. The first-order chi connectivity index (χ1) is 10.1. The standard InChI is InChI=1S/C16H25ClN2O2/c1-11(8-12-6-4-5-7-18-12)19-14-10-15(20-2)13(17)9-16(14)21-3/h9-12,18-19H,4-8H2,1-3H3. The Labute approximate surface area is 132 Å². The predicted octanol–water partition coefficient (Wildman–Crippen LogP) is 3.69. The molecule has 0 amide bonds. The Balaban J connectivity index is 2.03. The average molecular weight is 313 g/mol. The molecule has 1 heterocycles. The Morgan fingerprint density at radius 1 is 1.29 bits per heavy atom. The lowest BCUT2D eigenvalue weighted by Crippen LogP contribution is -2.37. The molecular weight excluding hydrogens is 288 g/mol. The van der Waals surface area contributed by atoms with Crippen LogP contribution in [0, 0.1) is 0 Å². The van der Waals surface area contributed by atoms with Crippen LogP contribution in [0.5, 0.6) is 11.5 Å². The molecule has 1 saturated heterocycles. The number of methoxy groups -OCH3 is 2. The summed E-state index contributed by atoms with van der Waals surface area (Å²) >= 11 is 6.13. The first-order valence-corrected chi connectivity index (χ1v) is 7.93. The first kappa shape index (κ1) is 16.2. The van der Waals surface area contributed by atoms with Crippen molar-refractivity contribution in [3.8, 4) is 11.5 Å². The van der Waals surface area contributed by atoms with Crippen molar-refractivity contribution in [2.75, 3.05) is 26.1 Å². The molecule has 0 bridgehead atoms. The minimum atomic E-state index is 0.348. The maximum atomic E-state index is 6.13. The largest absolute Gasteiger partial charge is 0.495 e. The molecule has 1 aliphatic rings. The summed E-state index contributed by atoms with van der Waals surface area (Å²) in [5.41, 5.74) is 0.919. The normalized spacial score (nSPS) is 19.9. The van der Waals surface area contributed by atoms with E-state index in [1.54, 1.807) is 20.3 Å². The van der Waals surface area contributed by atoms with Gasteiger partial charge in [-0.2, -0.15) is 0 Å². The third kappa shape index (κ3) is 4.42. The molecule has 1 aromatic rings. The van der Waals surface area contributed by atoms with Crippen LogP contribution in [0.3, 0.4) is 0 Å². The Morgan fingerprint density at radius 2 is 2.05 bits per heavy atom. The summed E-state index contributed by atoms with van der Waals surface area (Å²) in [6.45, 7) is 3.33. The molecule has 0 spiro atoms. The summed E-state index contributed by atoms with van der Waals surface area (Å²) in [6.07, 6.45) is 4.96. The minimum absolute atomic E-state index is 0.348. The first-order valence-electron chi connectivity index (χ1n) is 7.55. The van der Waals surface area contributed by atoms with Gasteiger partial charge in [0.25, 0.3) is 0 Å². The zero-order valence-electron chi connectivity index (χ0n) is 13.0. The van der Waals surface area contributed by atoms with E-state index in [1.165, 1.54) is 19.3 Å². The van der Waals surface area contributed by atoms with Crippen molar-refractivity contribution >= 4 is 17.3 Å². The number of rotatable bonds is 6. The number of halogens is 1. The second kappa shape index (κ2) is 7.76. The van der Waals surface area contributed by atoms with Crippen molar-refractivity contribution < 1.29 is 9.47 Å². The average Bonchev–Trinajstić information content (AvgIpc) is 2.49. The van der Waals surface area contributed by atoms with Crippen molar-refractivity contribution in [1.29, 1.82) is 0 Å². The van der Waals surface area contributed by atoms with E-state index in [0.29, 0.717) is 22.9 Å². The summed E-state index contributed by atoms with van der Waals surface area (Å²) in [7, 11) is 3.27. The lowest BCUT2D eigenvalue weighted by Gasteiger charge is -2.27. The van der Waals surface area contributed by atoms with Crippen molar-refractivity contribution in [2.45, 2.75) is 44.7 Å². The SMILES string of the molecule is COc1cc(NC(C)CC2CCCCN2)c(OC)cc1Cl. The van der Waals surface area contributed by atoms with E-state index in [4.69, 9.17) is 21.1 Å². The molecule has 5 heteroatoms. The van der Waals surface area contributed by atoms with Gasteiger partial charge in [0, 0.05) is 24.2 Å². The Hall–Kier alpha value is -1.13. The molecule has 2 unspecified atom stereocenters. The van der Waals surface area contributed by atoms with Crippen molar-refractivity contribution in [1.82, 2.24) is 5.32 Å². The molecule has 1 aliphatic heterocycles. The van der Waals surface area contributed by atoms with Gasteiger partial charge in [-0.3, -0.25) is 0 Å². The van der Waals surface area contributed by atoms with Crippen LogP contribution in [0.2, 0.25) is 5.02 Å². The molecular formula is C16H25ClN2O2. The zero-order valence-corrected chi connectivity index (χ0v) is 13.8. The molecule has 0 aromatic heterocycles. The minimum Gasteiger partial charge on any atom is -0.495 e. The molecule has 0 aliphatic carbocycles. The van der Waals surface area contributed by atoms with Crippen molar-refractivity contribution in [3.05, 3.63) is 17.2 Å². The molecule has 2 rings (SSSR count). The zero-order chi connectivity index (χ0) is 15.2. The third-order valence-corrected chi connectivity index (χ3v) is 4.22. The smallest absolute Gasteiger partial charge is 0.143 e. The lowest BCUT2D eigenvalue weighted by atomic mass is 9.98. The van der Waals surface area contributed by atoms with Crippen LogP contribution < -0.4 is 20.1 Å². The van der Waals surface area contributed by atoms with Crippen LogP contribution in [0.25, 0.3) is 0 Å². The summed E-state index contributed by atoms with van der Waals surface area (Å²) in [4.78, 5) is 0. The topological polar surface area (TPSA) is 42.5 Å². The highest BCUT2D eigenvalue weighted by Gasteiger charge is 2.17. The van der Waals surface area contributed by atoms with Crippen molar-refractivity contribution in [2.24, 2.45) is 0 Å². The Kier molecular flexibility index (Phi) is 6.00. The van der Waals surface area contributed by atoms with E-state index in [1.807, 2.05) is 6.07 Å². The fraction of sp³-hybridized carbons (Fsp3) is 0.625. The van der Waals surface area contributed by atoms with Gasteiger partial charge in [0.1, 0.15) is 11.5 Å². The fourth-order valence-electron chi connectivity index (χ4n) is 2.85. The number of nitrogens with one attached hydrogen (secondary N) is 2. The number of ether oxygens (including phenoxy) is 2. The van der Waals surface area contributed by atoms with E-state index in [0.717, 1.165) is 24.4 Å². The van der Waals surface area contributed by atoms with E-state index < -0.39 is 0 Å². The number of anilines is 1. The van der Waals surface area contributed by atoms with Crippen LogP contribution in [0.15, 0.2) is 12.1 Å². The highest BCUT2D eigenvalue weighted by Crippen LogP contribution is 2.36. The maximum Gasteiger partial charge on any atom is 0.143 e. The quantitative estimate of drug-likeness (QED) is 0.840. The highest BCUT2D eigenvalue weighted by molar-refractivity contribution is 6.32. The fourth-order valence-corrected chi connectivity index (χ4v) is 3.08. The number of hydrogen-bond acceptors (Lipinski definition) is 4. The van der Waals surface area contributed by atoms with E-state index in [2.05, 4.69) is 17.6 Å². The monoisotopic (exact) mass is 312 g/mol. The van der Waals surface area contributed by atoms with Gasteiger partial charge in [0.2, 0.25) is 0 Å². The molecule has 2 atom stereocenters. The van der Waals surface area contributed by atoms with Gasteiger partial charge >= 0.3 is 0 Å². The summed E-state index contributed by atoms with van der Waals surface area (Å²) in [6, 6.07) is 4.63. The van der Waals surface area contributed by atoms with Crippen LogP contribution in [0.1, 0.15) is 32.6 Å². The summed E-state index contributed by atoms with van der Waals surface area (Å²) in [5.74, 6) is 1.40. The molecule has 118 valence electrons. The van der Waals surface area contributed by atoms with Crippen LogP contribution >= 0.6 is 11.6 Å². The second-order valence-electron chi connectivity index (χ2n) is 5.61. The van der Waals surface area contributed by atoms with Gasteiger partial charge in [-0.15, -0.1) is 0 Å². The highest BCUT2D eigenvalue weighted by atomic mass is 35.5. The van der Waals surface area contributed by atoms with Gasteiger partial charge in [-0.25, -0.2) is 0 Å². The van der Waals surface area contributed by atoms with Gasteiger partial charge < -0.3 is 20.1 Å². The molecule has 21 heavy (non-hydrogen) atoms. The molecule has 4 nitrogen and oxygen atoms in total. The van der Waals surface area contributed by atoms with Gasteiger partial charge in [-0.1, -0.05) is 18.0 Å².